The fourth-order valence-corrected chi connectivity index (χ4v) is 3.92. The first-order valence-electron chi connectivity index (χ1n) is 11.2. The lowest BCUT2D eigenvalue weighted by molar-refractivity contribution is -0.274. The summed E-state index contributed by atoms with van der Waals surface area (Å²) in [6.07, 6.45) is -3.16. The van der Waals surface area contributed by atoms with Gasteiger partial charge in [-0.15, -0.1) is 13.2 Å². The van der Waals surface area contributed by atoms with E-state index in [2.05, 4.69) is 32.0 Å². The van der Waals surface area contributed by atoms with E-state index in [4.69, 9.17) is 0 Å². The van der Waals surface area contributed by atoms with Crippen LogP contribution in [0.2, 0.25) is 0 Å². The maximum absolute atomic E-state index is 14.4. The lowest BCUT2D eigenvalue weighted by Crippen LogP contribution is -2.46. The van der Waals surface area contributed by atoms with E-state index in [-0.39, 0.29) is 11.4 Å². The maximum Gasteiger partial charge on any atom is 0.573 e. The molecule has 1 fully saturated rings. The Labute approximate surface area is 199 Å². The molecule has 0 aliphatic carbocycles. The van der Waals surface area contributed by atoms with Crippen LogP contribution < -0.4 is 10.1 Å². The second-order valence-electron chi connectivity index (χ2n) is 8.44. The molecule has 0 atom stereocenters. The number of nitrogens with one attached hydrogen (secondary N) is 1. The second kappa shape index (κ2) is 10.7. The van der Waals surface area contributed by atoms with Crippen LogP contribution in [0.4, 0.5) is 22.0 Å². The first kappa shape index (κ1) is 25.1. The Hall–Kier alpha value is -3.02. The summed E-state index contributed by atoms with van der Waals surface area (Å²) in [7, 11) is 2.10. The number of hydrogen-bond donors (Lipinski definition) is 1. The Bertz CT molecular complexity index is 1120. The van der Waals surface area contributed by atoms with Crippen molar-refractivity contribution >= 4 is 0 Å². The normalized spacial score (nSPS) is 15.5. The quantitative estimate of drug-likeness (QED) is 0.378. The highest BCUT2D eigenvalue weighted by Gasteiger charge is 2.31. The molecule has 2 aromatic carbocycles. The van der Waals surface area contributed by atoms with Crippen molar-refractivity contribution in [2.75, 3.05) is 46.3 Å². The van der Waals surface area contributed by atoms with E-state index in [0.717, 1.165) is 57.0 Å². The van der Waals surface area contributed by atoms with Gasteiger partial charge in [-0.1, -0.05) is 0 Å². The van der Waals surface area contributed by atoms with Gasteiger partial charge in [0.25, 0.3) is 0 Å². The lowest BCUT2D eigenvalue weighted by atomic mass is 10.1. The van der Waals surface area contributed by atoms with Crippen molar-refractivity contribution in [3.63, 3.8) is 0 Å². The van der Waals surface area contributed by atoms with Crippen LogP contribution >= 0.6 is 0 Å². The van der Waals surface area contributed by atoms with Crippen LogP contribution in [0, 0.1) is 11.6 Å². The Morgan fingerprint density at radius 3 is 2.37 bits per heavy atom. The van der Waals surface area contributed by atoms with E-state index in [1.807, 2.05) is 0 Å². The van der Waals surface area contributed by atoms with Crippen LogP contribution in [-0.4, -0.2) is 72.3 Å². The minimum Gasteiger partial charge on any atom is -0.406 e. The van der Waals surface area contributed by atoms with Crippen molar-refractivity contribution in [1.82, 2.24) is 24.9 Å². The van der Waals surface area contributed by atoms with Gasteiger partial charge in [0, 0.05) is 69.2 Å². The molecule has 11 heteroatoms. The van der Waals surface area contributed by atoms with Crippen LogP contribution in [0.15, 0.2) is 48.7 Å². The average molecular weight is 495 g/mol. The van der Waals surface area contributed by atoms with Gasteiger partial charge in [0.2, 0.25) is 0 Å². The first-order chi connectivity index (χ1) is 16.7. The molecule has 1 aliphatic rings. The molecule has 35 heavy (non-hydrogen) atoms. The number of aromatic nitrogens is 2. The standard InChI is InChI=1S/C24H26F5N5O/c1-32-10-12-33(13-11-32)9-8-30-15-18-16-34(22-7-4-19(25)14-21(22)26)31-23(18)17-2-5-20(6-3-17)35-24(27,28)29/h2-7,14,16,30H,8-13,15H2,1H3. The van der Waals surface area contributed by atoms with Gasteiger partial charge in [-0.2, -0.15) is 5.10 Å². The topological polar surface area (TPSA) is 45.6 Å². The zero-order chi connectivity index (χ0) is 25.0. The van der Waals surface area contributed by atoms with Crippen LogP contribution in [0.25, 0.3) is 16.9 Å². The second-order valence-corrected chi connectivity index (χ2v) is 8.44. The number of nitrogens with zero attached hydrogens (tertiary/aromatic N) is 4. The third-order valence-electron chi connectivity index (χ3n) is 5.82. The molecular formula is C24H26F5N5O. The molecular weight excluding hydrogens is 469 g/mol. The Kier molecular flexibility index (Phi) is 7.68. The number of benzene rings is 2. The SMILES string of the molecule is CN1CCN(CCNCc2cn(-c3ccc(F)cc3F)nc2-c2ccc(OC(F)(F)F)cc2)CC1. The lowest BCUT2D eigenvalue weighted by Gasteiger charge is -2.32. The number of likely N-dealkylation sites (N-methyl/N-ethyl adjacent to an activating group) is 1. The predicted molar refractivity (Wildman–Crippen MR) is 121 cm³/mol. The molecule has 0 unspecified atom stereocenters. The highest BCUT2D eigenvalue weighted by Crippen LogP contribution is 2.29. The third kappa shape index (κ3) is 6.77. The Balaban J connectivity index is 1.52. The van der Waals surface area contributed by atoms with Crippen molar-refractivity contribution < 1.29 is 26.7 Å². The van der Waals surface area contributed by atoms with Gasteiger partial charge in [-0.3, -0.25) is 4.90 Å². The van der Waals surface area contributed by atoms with Gasteiger partial charge in [0.05, 0.1) is 5.69 Å². The Morgan fingerprint density at radius 2 is 1.71 bits per heavy atom. The predicted octanol–water partition coefficient (Wildman–Crippen LogP) is 4.05. The summed E-state index contributed by atoms with van der Waals surface area (Å²) < 4.78 is 70.5. The van der Waals surface area contributed by atoms with Gasteiger partial charge >= 0.3 is 6.36 Å². The molecule has 4 rings (SSSR count). The molecule has 0 spiro atoms. The fourth-order valence-electron chi connectivity index (χ4n) is 3.92. The van der Waals surface area contributed by atoms with E-state index in [0.29, 0.717) is 17.8 Å². The van der Waals surface area contributed by atoms with Gasteiger partial charge in [0.15, 0.2) is 5.82 Å². The molecule has 1 aromatic heterocycles. The molecule has 188 valence electrons. The minimum absolute atomic E-state index is 0.0633. The number of rotatable bonds is 8. The van der Waals surface area contributed by atoms with E-state index in [1.165, 1.54) is 35.0 Å². The molecule has 0 radical (unpaired) electrons. The monoisotopic (exact) mass is 495 g/mol. The van der Waals surface area contributed by atoms with Gasteiger partial charge < -0.3 is 15.0 Å². The number of halogens is 5. The van der Waals surface area contributed by atoms with Crippen molar-refractivity contribution in [3.8, 4) is 22.7 Å². The van der Waals surface area contributed by atoms with Crippen LogP contribution in [-0.2, 0) is 6.54 Å². The van der Waals surface area contributed by atoms with Gasteiger partial charge in [0.1, 0.15) is 17.3 Å². The molecule has 0 bridgehead atoms. The average Bonchev–Trinajstić information content (AvgIpc) is 3.21. The van der Waals surface area contributed by atoms with Crippen LogP contribution in [0.5, 0.6) is 5.75 Å². The summed E-state index contributed by atoms with van der Waals surface area (Å²) in [5, 5.41) is 7.82. The van der Waals surface area contributed by atoms with E-state index >= 15 is 0 Å². The number of ether oxygens (including phenoxy) is 1. The summed E-state index contributed by atoms with van der Waals surface area (Å²) in [4.78, 5) is 4.65. The number of hydrogen-bond acceptors (Lipinski definition) is 5. The van der Waals surface area contributed by atoms with Crippen LogP contribution in [0.3, 0.4) is 0 Å². The van der Waals surface area contributed by atoms with E-state index < -0.39 is 18.0 Å². The van der Waals surface area contributed by atoms with Crippen molar-refractivity contribution in [3.05, 3.63) is 65.9 Å². The maximum atomic E-state index is 14.4. The van der Waals surface area contributed by atoms with Crippen molar-refractivity contribution in [1.29, 1.82) is 0 Å². The summed E-state index contributed by atoms with van der Waals surface area (Å²) in [5.41, 5.74) is 1.79. The summed E-state index contributed by atoms with van der Waals surface area (Å²) in [5.74, 6) is -1.83. The molecule has 3 aromatic rings. The third-order valence-corrected chi connectivity index (χ3v) is 5.82. The fraction of sp³-hybridized carbons (Fsp3) is 0.375. The van der Waals surface area contributed by atoms with Gasteiger partial charge in [-0.25, -0.2) is 13.5 Å². The largest absolute Gasteiger partial charge is 0.573 e. The highest BCUT2D eigenvalue weighted by atomic mass is 19.4. The molecule has 1 saturated heterocycles. The van der Waals surface area contributed by atoms with Gasteiger partial charge in [-0.05, 0) is 43.4 Å². The molecule has 1 N–H and O–H groups in total. The van der Waals surface area contributed by atoms with Crippen molar-refractivity contribution in [2.45, 2.75) is 12.9 Å². The molecule has 2 heterocycles. The van der Waals surface area contributed by atoms with E-state index in [1.54, 1.807) is 6.20 Å². The van der Waals surface area contributed by atoms with Crippen molar-refractivity contribution in [2.24, 2.45) is 0 Å². The minimum atomic E-state index is -4.79. The molecule has 1 aliphatic heterocycles. The molecule has 6 nitrogen and oxygen atoms in total. The summed E-state index contributed by atoms with van der Waals surface area (Å²) in [6.45, 7) is 6.04. The number of piperazine rings is 1. The molecule has 0 amide bonds. The number of alkyl halides is 3. The van der Waals surface area contributed by atoms with E-state index in [9.17, 15) is 22.0 Å². The zero-order valence-corrected chi connectivity index (χ0v) is 19.2. The smallest absolute Gasteiger partial charge is 0.406 e. The first-order valence-corrected chi connectivity index (χ1v) is 11.2. The summed E-state index contributed by atoms with van der Waals surface area (Å²) >= 11 is 0. The highest BCUT2D eigenvalue weighted by molar-refractivity contribution is 5.64. The zero-order valence-electron chi connectivity index (χ0n) is 19.2. The Morgan fingerprint density at radius 1 is 1.00 bits per heavy atom. The molecule has 0 saturated carbocycles. The van der Waals surface area contributed by atoms with Crippen LogP contribution in [0.1, 0.15) is 5.56 Å². The summed E-state index contributed by atoms with van der Waals surface area (Å²) in [6, 6.07) is 8.51.